The van der Waals surface area contributed by atoms with Gasteiger partial charge in [-0.2, -0.15) is 11.8 Å². The van der Waals surface area contributed by atoms with Crippen LogP contribution in [0.1, 0.15) is 52.9 Å². The Bertz CT molecular complexity index is 269. The van der Waals surface area contributed by atoms with E-state index >= 15 is 0 Å². The molecular formula is C15H29NO2S. The van der Waals surface area contributed by atoms with Crippen molar-refractivity contribution in [3.63, 3.8) is 0 Å². The zero-order chi connectivity index (χ0) is 14.1. The van der Waals surface area contributed by atoms with E-state index < -0.39 is 5.54 Å². The van der Waals surface area contributed by atoms with Gasteiger partial charge in [-0.3, -0.25) is 4.79 Å². The molecule has 0 bridgehead atoms. The smallest absolute Gasteiger partial charge is 0.327 e. The topological polar surface area (TPSA) is 38.3 Å². The predicted molar refractivity (Wildman–Crippen MR) is 82.6 cm³/mol. The van der Waals surface area contributed by atoms with Gasteiger partial charge in [0.1, 0.15) is 5.54 Å². The molecule has 1 unspecified atom stereocenters. The molecule has 0 amide bonds. The quantitative estimate of drug-likeness (QED) is 0.468. The minimum absolute atomic E-state index is 0.0395. The van der Waals surface area contributed by atoms with Crippen LogP contribution >= 0.6 is 11.8 Å². The lowest BCUT2D eigenvalue weighted by molar-refractivity contribution is -0.151. The number of ether oxygens (including phenoxy) is 1. The molecule has 1 N–H and O–H groups in total. The summed E-state index contributed by atoms with van der Waals surface area (Å²) in [5.41, 5.74) is -0.429. The average Bonchev–Trinajstić information content (AvgIpc) is 3.22. The number of unbranched alkanes of at least 4 members (excludes halogenated alkanes) is 2. The summed E-state index contributed by atoms with van der Waals surface area (Å²) < 4.78 is 5.32. The summed E-state index contributed by atoms with van der Waals surface area (Å²) in [7, 11) is 0. The van der Waals surface area contributed by atoms with Crippen molar-refractivity contribution in [1.29, 1.82) is 0 Å². The van der Waals surface area contributed by atoms with E-state index in [9.17, 15) is 4.79 Å². The van der Waals surface area contributed by atoms with Gasteiger partial charge in [0.25, 0.3) is 0 Å². The van der Waals surface area contributed by atoms with Crippen LogP contribution in [0.4, 0.5) is 0 Å². The summed E-state index contributed by atoms with van der Waals surface area (Å²) in [6, 6.07) is 0. The first-order valence-electron chi connectivity index (χ1n) is 7.71. The second-order valence-corrected chi connectivity index (χ2v) is 6.36. The maximum Gasteiger partial charge on any atom is 0.327 e. The van der Waals surface area contributed by atoms with Crippen molar-refractivity contribution in [2.75, 3.05) is 24.7 Å². The molecule has 1 aliphatic rings. The molecule has 3 nitrogen and oxygen atoms in total. The molecule has 1 rings (SSSR count). The number of carbonyl (C=O) groups excluding carboxylic acids is 1. The first-order valence-corrected chi connectivity index (χ1v) is 8.86. The Labute approximate surface area is 122 Å². The van der Waals surface area contributed by atoms with Crippen molar-refractivity contribution >= 4 is 17.7 Å². The molecule has 0 aromatic heterocycles. The third-order valence-corrected chi connectivity index (χ3v) is 4.86. The molecule has 19 heavy (non-hydrogen) atoms. The van der Waals surface area contributed by atoms with Crippen molar-refractivity contribution in [3.8, 4) is 0 Å². The van der Waals surface area contributed by atoms with Crippen LogP contribution in [0, 0.1) is 5.92 Å². The fourth-order valence-electron chi connectivity index (χ4n) is 2.45. The van der Waals surface area contributed by atoms with Gasteiger partial charge in [-0.25, -0.2) is 0 Å². The van der Waals surface area contributed by atoms with Crippen molar-refractivity contribution in [2.45, 2.75) is 58.4 Å². The number of hydrogen-bond acceptors (Lipinski definition) is 4. The second-order valence-electron chi connectivity index (χ2n) is 5.26. The monoisotopic (exact) mass is 287 g/mol. The van der Waals surface area contributed by atoms with Crippen molar-refractivity contribution in [1.82, 2.24) is 5.32 Å². The molecule has 1 aliphatic carbocycles. The van der Waals surface area contributed by atoms with Crippen LogP contribution in [-0.4, -0.2) is 36.2 Å². The first-order chi connectivity index (χ1) is 9.21. The molecule has 112 valence electrons. The molecule has 1 atom stereocenters. The predicted octanol–water partition coefficient (Wildman–Crippen LogP) is 3.23. The molecule has 4 heteroatoms. The van der Waals surface area contributed by atoms with Crippen LogP contribution in [0.5, 0.6) is 0 Å². The number of likely N-dealkylation sites (N-methyl/N-ethyl adjacent to an activating group) is 1. The molecule has 0 saturated heterocycles. The zero-order valence-corrected chi connectivity index (χ0v) is 13.5. The maximum atomic E-state index is 12.4. The minimum atomic E-state index is -0.429. The molecule has 1 saturated carbocycles. The highest BCUT2D eigenvalue weighted by Gasteiger charge is 2.51. The summed E-state index contributed by atoms with van der Waals surface area (Å²) in [5.74, 6) is 2.44. The van der Waals surface area contributed by atoms with Crippen LogP contribution in [0.15, 0.2) is 0 Å². The Kier molecular flexibility index (Phi) is 7.84. The SMILES string of the molecule is CCCCCSCC(NCC)(C(=O)OCC)C1CC1. The van der Waals surface area contributed by atoms with E-state index in [1.54, 1.807) is 0 Å². The van der Waals surface area contributed by atoms with Gasteiger partial charge < -0.3 is 10.1 Å². The molecule has 0 spiro atoms. The van der Waals surface area contributed by atoms with E-state index in [1.165, 1.54) is 19.3 Å². The first kappa shape index (κ1) is 16.8. The molecule has 0 heterocycles. The number of hydrogen-bond donors (Lipinski definition) is 1. The zero-order valence-electron chi connectivity index (χ0n) is 12.7. The maximum absolute atomic E-state index is 12.4. The van der Waals surface area contributed by atoms with Gasteiger partial charge in [-0.15, -0.1) is 0 Å². The fourth-order valence-corrected chi connectivity index (χ4v) is 3.78. The highest BCUT2D eigenvalue weighted by atomic mass is 32.2. The standard InChI is InChI=1S/C15H29NO2S/c1-4-7-8-11-19-12-15(16-5-2,13-9-10-13)14(17)18-6-3/h13,16H,4-12H2,1-3H3. The number of rotatable bonds is 11. The third-order valence-electron chi connectivity index (χ3n) is 3.63. The van der Waals surface area contributed by atoms with E-state index in [1.807, 2.05) is 18.7 Å². The van der Waals surface area contributed by atoms with Crippen LogP contribution in [0.2, 0.25) is 0 Å². The Balaban J connectivity index is 2.54. The molecular weight excluding hydrogens is 258 g/mol. The number of esters is 1. The van der Waals surface area contributed by atoms with E-state index in [0.717, 1.165) is 30.9 Å². The van der Waals surface area contributed by atoms with Crippen molar-refractivity contribution in [3.05, 3.63) is 0 Å². The number of thioether (sulfide) groups is 1. The van der Waals surface area contributed by atoms with Crippen LogP contribution in [-0.2, 0) is 9.53 Å². The molecule has 0 radical (unpaired) electrons. The number of nitrogens with one attached hydrogen (secondary N) is 1. The van der Waals surface area contributed by atoms with E-state index in [4.69, 9.17) is 4.74 Å². The van der Waals surface area contributed by atoms with Gasteiger partial charge in [0.05, 0.1) is 6.61 Å². The summed E-state index contributed by atoms with van der Waals surface area (Å²) in [6.07, 6.45) is 6.09. The van der Waals surface area contributed by atoms with E-state index in [0.29, 0.717) is 12.5 Å². The van der Waals surface area contributed by atoms with Gasteiger partial charge in [0.15, 0.2) is 0 Å². The summed E-state index contributed by atoms with van der Waals surface area (Å²) in [6.45, 7) is 7.47. The normalized spacial score (nSPS) is 18.1. The van der Waals surface area contributed by atoms with Gasteiger partial charge in [-0.05, 0) is 44.4 Å². The second kappa shape index (κ2) is 8.85. The molecule has 0 aromatic rings. The van der Waals surface area contributed by atoms with Crippen LogP contribution in [0.25, 0.3) is 0 Å². The van der Waals surface area contributed by atoms with E-state index in [2.05, 4.69) is 19.2 Å². The average molecular weight is 287 g/mol. The van der Waals surface area contributed by atoms with Gasteiger partial charge in [-0.1, -0.05) is 26.7 Å². The van der Waals surface area contributed by atoms with Gasteiger partial charge >= 0.3 is 5.97 Å². The lowest BCUT2D eigenvalue weighted by Crippen LogP contribution is -2.57. The summed E-state index contributed by atoms with van der Waals surface area (Å²) >= 11 is 1.90. The van der Waals surface area contributed by atoms with Crippen molar-refractivity contribution in [2.24, 2.45) is 5.92 Å². The van der Waals surface area contributed by atoms with Crippen molar-refractivity contribution < 1.29 is 9.53 Å². The highest BCUT2D eigenvalue weighted by molar-refractivity contribution is 7.99. The lowest BCUT2D eigenvalue weighted by Gasteiger charge is -2.32. The van der Waals surface area contributed by atoms with Crippen LogP contribution in [0.3, 0.4) is 0 Å². The Morgan fingerprint density at radius 3 is 2.58 bits per heavy atom. The summed E-state index contributed by atoms with van der Waals surface area (Å²) in [4.78, 5) is 12.4. The third kappa shape index (κ3) is 4.99. The lowest BCUT2D eigenvalue weighted by atomic mass is 9.95. The van der Waals surface area contributed by atoms with Gasteiger partial charge in [0.2, 0.25) is 0 Å². The Hall–Kier alpha value is -0.220. The highest BCUT2D eigenvalue weighted by Crippen LogP contribution is 2.42. The summed E-state index contributed by atoms with van der Waals surface area (Å²) in [5, 5.41) is 3.44. The molecule has 0 aromatic carbocycles. The largest absolute Gasteiger partial charge is 0.465 e. The van der Waals surface area contributed by atoms with Crippen LogP contribution < -0.4 is 5.32 Å². The van der Waals surface area contributed by atoms with E-state index in [-0.39, 0.29) is 5.97 Å². The Morgan fingerprint density at radius 1 is 1.32 bits per heavy atom. The molecule has 1 fully saturated rings. The molecule has 0 aliphatic heterocycles. The Morgan fingerprint density at radius 2 is 2.05 bits per heavy atom. The fraction of sp³-hybridized carbons (Fsp3) is 0.933. The minimum Gasteiger partial charge on any atom is -0.465 e. The van der Waals surface area contributed by atoms with Gasteiger partial charge in [0, 0.05) is 5.75 Å². The number of carbonyl (C=O) groups is 1.